The van der Waals surface area contributed by atoms with Crippen molar-refractivity contribution in [3.8, 4) is 17.6 Å². The minimum atomic E-state index is 0.595. The molecule has 4 rings (SSSR count). The lowest BCUT2D eigenvalue weighted by atomic mass is 10.0. The number of ether oxygens (including phenoxy) is 2. The van der Waals surface area contributed by atoms with Crippen LogP contribution in [0.15, 0.2) is 42.5 Å². The molecule has 0 aliphatic heterocycles. The van der Waals surface area contributed by atoms with Crippen LogP contribution in [0.3, 0.4) is 0 Å². The molecule has 0 unspecified atom stereocenters. The standard InChI is InChI=1S/C27H30N4O2/c1-5-20-18(4)21(17-28)27-30-22-10-8-9-11-23(22)31(27)26(20)29-15-14-19-12-13-24(32-6-2)25(16-19)33-7-3/h8-13,16,29H,5-7,14-15H2,1-4H3. The Morgan fingerprint density at radius 1 is 1.03 bits per heavy atom. The van der Waals surface area contributed by atoms with Gasteiger partial charge in [-0.1, -0.05) is 25.1 Å². The van der Waals surface area contributed by atoms with Crippen molar-refractivity contribution in [1.82, 2.24) is 9.38 Å². The number of hydrogen-bond donors (Lipinski definition) is 1. The van der Waals surface area contributed by atoms with Crippen molar-refractivity contribution >= 4 is 22.5 Å². The maximum Gasteiger partial charge on any atom is 0.161 e. The normalized spacial score (nSPS) is 11.0. The summed E-state index contributed by atoms with van der Waals surface area (Å²) in [6.45, 7) is 10.0. The predicted octanol–water partition coefficient (Wildman–Crippen LogP) is 5.68. The molecule has 0 bridgehead atoms. The first-order valence-electron chi connectivity index (χ1n) is 11.6. The van der Waals surface area contributed by atoms with Crippen LogP contribution in [-0.2, 0) is 12.8 Å². The average molecular weight is 443 g/mol. The van der Waals surface area contributed by atoms with Crippen LogP contribution < -0.4 is 14.8 Å². The molecule has 2 aromatic carbocycles. The van der Waals surface area contributed by atoms with Gasteiger partial charge in [0.1, 0.15) is 11.9 Å². The zero-order valence-corrected chi connectivity index (χ0v) is 19.7. The summed E-state index contributed by atoms with van der Waals surface area (Å²) in [6.07, 6.45) is 1.64. The topological polar surface area (TPSA) is 71.6 Å². The van der Waals surface area contributed by atoms with Crippen molar-refractivity contribution in [2.75, 3.05) is 25.1 Å². The largest absolute Gasteiger partial charge is 0.490 e. The number of nitrogens with one attached hydrogen (secondary N) is 1. The Bertz CT molecular complexity index is 1330. The first kappa shape index (κ1) is 22.5. The summed E-state index contributed by atoms with van der Waals surface area (Å²) in [5, 5.41) is 13.5. The number of imidazole rings is 1. The van der Waals surface area contributed by atoms with Gasteiger partial charge in [-0.25, -0.2) is 4.98 Å². The molecule has 0 saturated heterocycles. The van der Waals surface area contributed by atoms with Crippen LogP contribution >= 0.6 is 0 Å². The summed E-state index contributed by atoms with van der Waals surface area (Å²) in [5.74, 6) is 2.57. The Morgan fingerprint density at radius 2 is 1.79 bits per heavy atom. The van der Waals surface area contributed by atoms with Gasteiger partial charge in [0.15, 0.2) is 17.1 Å². The van der Waals surface area contributed by atoms with Crippen LogP contribution in [-0.4, -0.2) is 29.1 Å². The molecule has 2 aromatic heterocycles. The van der Waals surface area contributed by atoms with Crippen LogP contribution in [0.4, 0.5) is 5.82 Å². The fourth-order valence-electron chi connectivity index (χ4n) is 4.38. The summed E-state index contributed by atoms with van der Waals surface area (Å²) in [7, 11) is 0. The van der Waals surface area contributed by atoms with E-state index < -0.39 is 0 Å². The van der Waals surface area contributed by atoms with Gasteiger partial charge in [0.05, 0.1) is 29.8 Å². The minimum absolute atomic E-state index is 0.595. The number of pyridine rings is 1. The van der Waals surface area contributed by atoms with Crippen molar-refractivity contribution in [3.05, 3.63) is 64.7 Å². The molecule has 0 aliphatic rings. The fourth-order valence-corrected chi connectivity index (χ4v) is 4.38. The van der Waals surface area contributed by atoms with Gasteiger partial charge in [-0.05, 0) is 74.6 Å². The molecule has 0 aliphatic carbocycles. The second-order valence-corrected chi connectivity index (χ2v) is 7.88. The van der Waals surface area contributed by atoms with E-state index in [0.29, 0.717) is 24.4 Å². The van der Waals surface area contributed by atoms with Gasteiger partial charge < -0.3 is 14.8 Å². The molecule has 1 N–H and O–H groups in total. The summed E-state index contributed by atoms with van der Waals surface area (Å²) in [4.78, 5) is 4.78. The molecule has 0 amide bonds. The summed E-state index contributed by atoms with van der Waals surface area (Å²) in [5.41, 5.74) is 6.54. The number of nitrogens with zero attached hydrogens (tertiary/aromatic N) is 3. The number of para-hydroxylation sites is 2. The highest BCUT2D eigenvalue weighted by Crippen LogP contribution is 2.32. The highest BCUT2D eigenvalue weighted by molar-refractivity contribution is 5.86. The van der Waals surface area contributed by atoms with Gasteiger partial charge in [-0.2, -0.15) is 5.26 Å². The van der Waals surface area contributed by atoms with Gasteiger partial charge in [0.25, 0.3) is 0 Å². The lowest BCUT2D eigenvalue weighted by Crippen LogP contribution is -2.13. The van der Waals surface area contributed by atoms with Gasteiger partial charge in [0.2, 0.25) is 0 Å². The third kappa shape index (κ3) is 4.19. The average Bonchev–Trinajstić information content (AvgIpc) is 3.20. The van der Waals surface area contributed by atoms with Crippen LogP contribution in [0.2, 0.25) is 0 Å². The molecule has 0 radical (unpaired) electrons. The van der Waals surface area contributed by atoms with E-state index in [0.717, 1.165) is 58.9 Å². The van der Waals surface area contributed by atoms with E-state index >= 15 is 0 Å². The second kappa shape index (κ2) is 9.83. The van der Waals surface area contributed by atoms with Gasteiger partial charge in [-0.15, -0.1) is 0 Å². The SMILES string of the molecule is CCOc1ccc(CCNc2c(CC)c(C)c(C#N)c3nc4ccccc4n23)cc1OCC. The Labute approximate surface area is 194 Å². The molecule has 6 nitrogen and oxygen atoms in total. The molecule has 170 valence electrons. The molecule has 6 heteroatoms. The quantitative estimate of drug-likeness (QED) is 0.361. The third-order valence-corrected chi connectivity index (χ3v) is 5.90. The molecular formula is C27H30N4O2. The Balaban J connectivity index is 1.69. The molecule has 4 aromatic rings. The third-order valence-electron chi connectivity index (χ3n) is 5.90. The van der Waals surface area contributed by atoms with Gasteiger partial charge >= 0.3 is 0 Å². The van der Waals surface area contributed by atoms with Crippen molar-refractivity contribution in [3.63, 3.8) is 0 Å². The van der Waals surface area contributed by atoms with E-state index in [1.54, 1.807) is 0 Å². The first-order chi connectivity index (χ1) is 16.1. The molecule has 33 heavy (non-hydrogen) atoms. The zero-order chi connectivity index (χ0) is 23.4. The van der Waals surface area contributed by atoms with Crippen LogP contribution in [0.1, 0.15) is 43.0 Å². The van der Waals surface area contributed by atoms with E-state index in [2.05, 4.69) is 40.9 Å². The Hall–Kier alpha value is -3.72. The minimum Gasteiger partial charge on any atom is -0.490 e. The maximum absolute atomic E-state index is 9.86. The number of anilines is 1. The van der Waals surface area contributed by atoms with Crippen LogP contribution in [0.25, 0.3) is 16.7 Å². The summed E-state index contributed by atoms with van der Waals surface area (Å²) >= 11 is 0. The highest BCUT2D eigenvalue weighted by Gasteiger charge is 2.19. The number of fused-ring (bicyclic) bond motifs is 3. The van der Waals surface area contributed by atoms with Crippen molar-refractivity contribution < 1.29 is 9.47 Å². The van der Waals surface area contributed by atoms with E-state index in [1.807, 2.05) is 45.0 Å². The fraction of sp³-hybridized carbons (Fsp3) is 0.333. The van der Waals surface area contributed by atoms with Gasteiger partial charge in [-0.3, -0.25) is 4.40 Å². The highest BCUT2D eigenvalue weighted by atomic mass is 16.5. The molecular weight excluding hydrogens is 412 g/mol. The summed E-state index contributed by atoms with van der Waals surface area (Å²) in [6, 6.07) is 16.5. The lowest BCUT2D eigenvalue weighted by molar-refractivity contribution is 0.287. The summed E-state index contributed by atoms with van der Waals surface area (Å²) < 4.78 is 13.6. The second-order valence-electron chi connectivity index (χ2n) is 7.88. The number of aromatic nitrogens is 2. The Kier molecular flexibility index (Phi) is 6.69. The van der Waals surface area contributed by atoms with Crippen LogP contribution in [0, 0.1) is 18.3 Å². The monoisotopic (exact) mass is 442 g/mol. The Morgan fingerprint density at radius 3 is 2.52 bits per heavy atom. The molecule has 0 fully saturated rings. The number of rotatable bonds is 9. The van der Waals surface area contributed by atoms with E-state index in [1.165, 1.54) is 5.56 Å². The van der Waals surface area contributed by atoms with E-state index in [4.69, 9.17) is 14.5 Å². The number of benzene rings is 2. The molecule has 0 atom stereocenters. The molecule has 2 heterocycles. The number of hydrogen-bond acceptors (Lipinski definition) is 5. The van der Waals surface area contributed by atoms with Gasteiger partial charge in [0, 0.05) is 6.54 Å². The smallest absolute Gasteiger partial charge is 0.161 e. The lowest BCUT2D eigenvalue weighted by Gasteiger charge is -2.18. The van der Waals surface area contributed by atoms with E-state index in [9.17, 15) is 5.26 Å². The number of nitriles is 1. The molecule has 0 saturated carbocycles. The van der Waals surface area contributed by atoms with Crippen molar-refractivity contribution in [2.45, 2.75) is 40.5 Å². The predicted molar refractivity (Wildman–Crippen MR) is 133 cm³/mol. The maximum atomic E-state index is 9.86. The van der Waals surface area contributed by atoms with E-state index in [-0.39, 0.29) is 0 Å². The van der Waals surface area contributed by atoms with Crippen LogP contribution in [0.5, 0.6) is 11.5 Å². The van der Waals surface area contributed by atoms with Crippen molar-refractivity contribution in [2.24, 2.45) is 0 Å². The molecule has 0 spiro atoms. The van der Waals surface area contributed by atoms with Crippen molar-refractivity contribution in [1.29, 1.82) is 5.26 Å². The first-order valence-corrected chi connectivity index (χ1v) is 11.6. The zero-order valence-electron chi connectivity index (χ0n) is 19.7.